The van der Waals surface area contributed by atoms with Crippen LogP contribution in [0.2, 0.25) is 0 Å². The molecule has 25 heavy (non-hydrogen) atoms. The first-order valence-electron chi connectivity index (χ1n) is 8.91. The van der Waals surface area contributed by atoms with E-state index in [0.29, 0.717) is 18.8 Å². The van der Waals surface area contributed by atoms with E-state index >= 15 is 0 Å². The third-order valence-electron chi connectivity index (χ3n) is 5.19. The predicted molar refractivity (Wildman–Crippen MR) is 88.3 cm³/mol. The van der Waals surface area contributed by atoms with Gasteiger partial charge in [0.2, 0.25) is 15.9 Å². The summed E-state index contributed by atoms with van der Waals surface area (Å²) in [5, 5.41) is 2.46. The van der Waals surface area contributed by atoms with E-state index in [4.69, 9.17) is 0 Å². The number of hydrogen-bond acceptors (Lipinski definition) is 3. The number of carbonyl (C=O) groups excluding carboxylic acids is 1. The molecule has 5 nitrogen and oxygen atoms in total. The second-order valence-corrected chi connectivity index (χ2v) is 9.26. The summed E-state index contributed by atoms with van der Waals surface area (Å²) in [6.45, 7) is 2.12. The summed E-state index contributed by atoms with van der Waals surface area (Å²) in [5.74, 6) is -2.31. The summed E-state index contributed by atoms with van der Waals surface area (Å²) in [4.78, 5) is 12.0. The number of halogens is 3. The van der Waals surface area contributed by atoms with Crippen LogP contribution in [0.1, 0.15) is 58.3 Å². The Labute approximate surface area is 147 Å². The molecule has 2 rings (SSSR count). The Morgan fingerprint density at radius 1 is 1.04 bits per heavy atom. The molecule has 0 saturated heterocycles. The van der Waals surface area contributed by atoms with Gasteiger partial charge in [0.05, 0.1) is 5.92 Å². The van der Waals surface area contributed by atoms with Crippen LogP contribution in [-0.2, 0) is 14.8 Å². The highest BCUT2D eigenvalue weighted by Crippen LogP contribution is 2.37. The number of alkyl halides is 3. The molecule has 2 unspecified atom stereocenters. The van der Waals surface area contributed by atoms with E-state index in [0.717, 1.165) is 25.7 Å². The van der Waals surface area contributed by atoms with E-state index in [9.17, 15) is 26.4 Å². The van der Waals surface area contributed by atoms with Crippen LogP contribution in [0.4, 0.5) is 13.2 Å². The fraction of sp³-hybridized carbons (Fsp3) is 0.938. The van der Waals surface area contributed by atoms with Crippen molar-refractivity contribution in [2.24, 2.45) is 11.8 Å². The first kappa shape index (κ1) is 20.5. The largest absolute Gasteiger partial charge is 0.391 e. The third kappa shape index (κ3) is 6.77. The molecule has 2 N–H and O–H groups in total. The fourth-order valence-electron chi connectivity index (χ4n) is 3.73. The third-order valence-corrected chi connectivity index (χ3v) is 6.52. The highest BCUT2D eigenvalue weighted by Gasteiger charge is 2.42. The molecule has 2 atom stereocenters. The van der Waals surface area contributed by atoms with Crippen LogP contribution >= 0.6 is 0 Å². The van der Waals surface area contributed by atoms with Crippen molar-refractivity contribution in [2.45, 2.75) is 76.6 Å². The van der Waals surface area contributed by atoms with Gasteiger partial charge in [0.25, 0.3) is 0 Å². The first-order chi connectivity index (χ1) is 11.5. The molecule has 0 aliphatic heterocycles. The summed E-state index contributed by atoms with van der Waals surface area (Å²) in [7, 11) is -3.77. The molecule has 2 fully saturated rings. The van der Waals surface area contributed by atoms with Gasteiger partial charge < -0.3 is 5.32 Å². The number of hydrogen-bond donors (Lipinski definition) is 2. The van der Waals surface area contributed by atoms with E-state index < -0.39 is 39.8 Å². The van der Waals surface area contributed by atoms with Gasteiger partial charge >= 0.3 is 6.18 Å². The molecule has 0 radical (unpaired) electrons. The molecule has 0 heterocycles. The number of sulfonamides is 1. The maximum absolute atomic E-state index is 12.8. The molecule has 2 aliphatic rings. The van der Waals surface area contributed by atoms with Crippen LogP contribution < -0.4 is 10.0 Å². The van der Waals surface area contributed by atoms with Crippen molar-refractivity contribution < 1.29 is 26.4 Å². The van der Waals surface area contributed by atoms with Gasteiger partial charge in [-0.25, -0.2) is 13.1 Å². The Morgan fingerprint density at radius 3 is 2.28 bits per heavy atom. The van der Waals surface area contributed by atoms with Crippen molar-refractivity contribution in [2.75, 3.05) is 5.75 Å². The summed E-state index contributed by atoms with van der Waals surface area (Å²) >= 11 is 0. The molecule has 146 valence electrons. The molecular formula is C16H27F3N2O3S. The molecule has 0 bridgehead atoms. The zero-order valence-electron chi connectivity index (χ0n) is 14.4. The van der Waals surface area contributed by atoms with Gasteiger partial charge in [0.1, 0.15) is 5.75 Å². The normalized spacial score (nSPS) is 31.5. The Bertz CT molecular complexity index is 557. The van der Waals surface area contributed by atoms with E-state index in [-0.39, 0.29) is 18.9 Å². The van der Waals surface area contributed by atoms with Gasteiger partial charge in [0.15, 0.2) is 0 Å². The lowest BCUT2D eigenvalue weighted by Crippen LogP contribution is -2.46. The van der Waals surface area contributed by atoms with Gasteiger partial charge in [-0.3, -0.25) is 4.79 Å². The predicted octanol–water partition coefficient (Wildman–Crippen LogP) is 2.72. The maximum Gasteiger partial charge on any atom is 0.391 e. The van der Waals surface area contributed by atoms with Gasteiger partial charge in [-0.15, -0.1) is 0 Å². The highest BCUT2D eigenvalue weighted by atomic mass is 32.2. The maximum atomic E-state index is 12.8. The van der Waals surface area contributed by atoms with Crippen LogP contribution in [0.3, 0.4) is 0 Å². The lowest BCUT2D eigenvalue weighted by molar-refractivity contribution is -0.184. The zero-order chi connectivity index (χ0) is 18.7. The van der Waals surface area contributed by atoms with Crippen LogP contribution in [0.15, 0.2) is 0 Å². The van der Waals surface area contributed by atoms with Crippen molar-refractivity contribution in [3.63, 3.8) is 0 Å². The summed E-state index contributed by atoms with van der Waals surface area (Å²) in [6, 6.07) is -0.767. The van der Waals surface area contributed by atoms with Crippen LogP contribution in [-0.4, -0.2) is 38.3 Å². The Morgan fingerprint density at radius 2 is 1.68 bits per heavy atom. The fourth-order valence-corrected chi connectivity index (χ4v) is 4.99. The number of nitrogens with one attached hydrogen (secondary N) is 2. The minimum absolute atomic E-state index is 0.0653. The minimum Gasteiger partial charge on any atom is -0.352 e. The highest BCUT2D eigenvalue weighted by molar-refractivity contribution is 7.90. The smallest absolute Gasteiger partial charge is 0.352 e. The van der Waals surface area contributed by atoms with Gasteiger partial charge in [-0.2, -0.15) is 13.2 Å². The Kier molecular flexibility index (Phi) is 6.75. The number of carbonyl (C=O) groups is 1. The molecule has 1 amide bonds. The van der Waals surface area contributed by atoms with E-state index in [1.54, 1.807) is 0 Å². The summed E-state index contributed by atoms with van der Waals surface area (Å²) in [5.41, 5.74) is 0. The lowest BCUT2D eigenvalue weighted by atomic mass is 9.85. The molecule has 0 aromatic carbocycles. The first-order valence-corrected chi connectivity index (χ1v) is 10.6. The standard InChI is InChI=1S/C16H27F3N2O3S/c1-11-5-7-13(8-6-11)21-25(23,24)10-15(22)20-14-4-2-3-12(9-14)16(17,18)19/h11-14,21H,2-10H2,1H3,(H,20,22). The molecular weight excluding hydrogens is 357 g/mol. The van der Waals surface area contributed by atoms with Crippen molar-refractivity contribution in [3.05, 3.63) is 0 Å². The zero-order valence-corrected chi connectivity index (χ0v) is 15.3. The van der Waals surface area contributed by atoms with Crippen molar-refractivity contribution in [1.29, 1.82) is 0 Å². The van der Waals surface area contributed by atoms with Crippen LogP contribution in [0.25, 0.3) is 0 Å². The number of rotatable bonds is 5. The average molecular weight is 384 g/mol. The van der Waals surface area contributed by atoms with E-state index in [1.165, 1.54) is 0 Å². The molecule has 0 aromatic heterocycles. The topological polar surface area (TPSA) is 75.3 Å². The second-order valence-electron chi connectivity index (χ2n) is 7.50. The Hall–Kier alpha value is -0.830. The van der Waals surface area contributed by atoms with Gasteiger partial charge in [-0.1, -0.05) is 13.3 Å². The molecule has 0 spiro atoms. The molecule has 2 saturated carbocycles. The lowest BCUT2D eigenvalue weighted by Gasteiger charge is -2.31. The van der Waals surface area contributed by atoms with Gasteiger partial charge in [0, 0.05) is 12.1 Å². The van der Waals surface area contributed by atoms with E-state index in [2.05, 4.69) is 17.0 Å². The Balaban J connectivity index is 1.80. The van der Waals surface area contributed by atoms with Crippen LogP contribution in [0, 0.1) is 11.8 Å². The SMILES string of the molecule is CC1CCC(NS(=O)(=O)CC(=O)NC2CCCC(C(F)(F)F)C2)CC1. The second kappa shape index (κ2) is 8.24. The summed E-state index contributed by atoms with van der Waals surface area (Å²) in [6.07, 6.45) is -0.169. The van der Waals surface area contributed by atoms with Crippen LogP contribution in [0.5, 0.6) is 0 Å². The van der Waals surface area contributed by atoms with E-state index in [1.807, 2.05) is 0 Å². The van der Waals surface area contributed by atoms with Gasteiger partial charge in [-0.05, 0) is 50.9 Å². The molecule has 9 heteroatoms. The monoisotopic (exact) mass is 384 g/mol. The number of amides is 1. The molecule has 2 aliphatic carbocycles. The molecule has 0 aromatic rings. The van der Waals surface area contributed by atoms with Crippen molar-refractivity contribution in [3.8, 4) is 0 Å². The quantitative estimate of drug-likeness (QED) is 0.765. The van der Waals surface area contributed by atoms with Crippen molar-refractivity contribution >= 4 is 15.9 Å². The average Bonchev–Trinajstić information content (AvgIpc) is 2.48. The van der Waals surface area contributed by atoms with Crippen molar-refractivity contribution in [1.82, 2.24) is 10.0 Å². The summed E-state index contributed by atoms with van der Waals surface area (Å²) < 4.78 is 65.1. The minimum atomic E-state index is -4.27.